The zero-order valence-corrected chi connectivity index (χ0v) is 14.4. The molecule has 21 heavy (non-hydrogen) atoms. The molecule has 0 aromatic heterocycles. The van der Waals surface area contributed by atoms with Crippen molar-refractivity contribution in [3.63, 3.8) is 0 Å². The molecule has 0 radical (unpaired) electrons. The van der Waals surface area contributed by atoms with Crippen LogP contribution in [0.15, 0.2) is 22.7 Å². The third-order valence-corrected chi connectivity index (χ3v) is 4.80. The SMILES string of the molecule is COCCNCc1ccc(N2CCC(O)C(C)C2)cc1Br. The van der Waals surface area contributed by atoms with E-state index in [1.165, 1.54) is 11.3 Å². The van der Waals surface area contributed by atoms with Crippen molar-refractivity contribution < 1.29 is 9.84 Å². The Morgan fingerprint density at radius 3 is 2.95 bits per heavy atom. The Bertz CT molecular complexity index is 456. The molecule has 2 unspecified atom stereocenters. The first-order valence-corrected chi connectivity index (χ1v) is 8.32. The normalized spacial score (nSPS) is 22.6. The number of rotatable bonds is 6. The molecule has 4 nitrogen and oxygen atoms in total. The second kappa shape index (κ2) is 8.13. The van der Waals surface area contributed by atoms with E-state index < -0.39 is 0 Å². The summed E-state index contributed by atoms with van der Waals surface area (Å²) in [5.41, 5.74) is 2.47. The van der Waals surface area contributed by atoms with Crippen molar-refractivity contribution in [2.75, 3.05) is 38.3 Å². The van der Waals surface area contributed by atoms with Crippen LogP contribution in [0.4, 0.5) is 5.69 Å². The van der Waals surface area contributed by atoms with Crippen molar-refractivity contribution >= 4 is 21.6 Å². The predicted octanol–water partition coefficient (Wildman–Crippen LogP) is 2.39. The van der Waals surface area contributed by atoms with E-state index >= 15 is 0 Å². The maximum atomic E-state index is 9.83. The molecule has 1 aromatic carbocycles. The topological polar surface area (TPSA) is 44.7 Å². The quantitative estimate of drug-likeness (QED) is 0.768. The number of nitrogens with zero attached hydrogens (tertiary/aromatic N) is 1. The number of piperidine rings is 1. The van der Waals surface area contributed by atoms with Crippen molar-refractivity contribution in [1.82, 2.24) is 5.32 Å². The first-order valence-electron chi connectivity index (χ1n) is 7.53. The lowest BCUT2D eigenvalue weighted by molar-refractivity contribution is 0.0971. The highest BCUT2D eigenvalue weighted by Crippen LogP contribution is 2.28. The molecule has 0 saturated carbocycles. The van der Waals surface area contributed by atoms with Crippen molar-refractivity contribution in [3.05, 3.63) is 28.2 Å². The second-order valence-corrected chi connectivity index (χ2v) is 6.58. The average molecular weight is 357 g/mol. The number of anilines is 1. The first-order chi connectivity index (χ1) is 10.1. The minimum atomic E-state index is -0.158. The summed E-state index contributed by atoms with van der Waals surface area (Å²) in [6.45, 7) is 6.36. The van der Waals surface area contributed by atoms with E-state index in [2.05, 4.69) is 51.3 Å². The molecule has 1 aromatic rings. The maximum absolute atomic E-state index is 9.83. The standard InChI is InChI=1S/C16H25BrN2O2/c1-12-11-19(7-5-16(12)20)14-4-3-13(15(17)9-14)10-18-6-8-21-2/h3-4,9,12,16,18,20H,5-8,10-11H2,1-2H3. The van der Waals surface area contributed by atoms with Crippen LogP contribution in [0.5, 0.6) is 0 Å². The number of methoxy groups -OCH3 is 1. The van der Waals surface area contributed by atoms with Crippen molar-refractivity contribution in [3.8, 4) is 0 Å². The first kappa shape index (κ1) is 16.7. The molecule has 1 heterocycles. The zero-order valence-electron chi connectivity index (χ0n) is 12.8. The van der Waals surface area contributed by atoms with Crippen LogP contribution in [0.3, 0.4) is 0 Å². The van der Waals surface area contributed by atoms with E-state index in [-0.39, 0.29) is 6.10 Å². The smallest absolute Gasteiger partial charge is 0.0599 e. The van der Waals surface area contributed by atoms with Gasteiger partial charge in [0, 0.05) is 43.4 Å². The van der Waals surface area contributed by atoms with Crippen LogP contribution in [-0.2, 0) is 11.3 Å². The summed E-state index contributed by atoms with van der Waals surface area (Å²) in [4.78, 5) is 2.35. The summed E-state index contributed by atoms with van der Waals surface area (Å²) in [6, 6.07) is 6.51. The van der Waals surface area contributed by atoms with Gasteiger partial charge in [0.2, 0.25) is 0 Å². The minimum Gasteiger partial charge on any atom is -0.393 e. The summed E-state index contributed by atoms with van der Waals surface area (Å²) in [5.74, 6) is 0.327. The summed E-state index contributed by atoms with van der Waals surface area (Å²) >= 11 is 3.66. The molecule has 118 valence electrons. The minimum absolute atomic E-state index is 0.158. The number of hydrogen-bond acceptors (Lipinski definition) is 4. The lowest BCUT2D eigenvalue weighted by Gasteiger charge is -2.36. The predicted molar refractivity (Wildman–Crippen MR) is 89.7 cm³/mol. The number of hydrogen-bond donors (Lipinski definition) is 2. The number of nitrogens with one attached hydrogen (secondary N) is 1. The molecule has 5 heteroatoms. The fourth-order valence-corrected chi connectivity index (χ4v) is 3.15. The van der Waals surface area contributed by atoms with Crippen LogP contribution in [0.2, 0.25) is 0 Å². The number of ether oxygens (including phenoxy) is 1. The van der Waals surface area contributed by atoms with Crippen LogP contribution < -0.4 is 10.2 Å². The molecule has 0 spiro atoms. The monoisotopic (exact) mass is 356 g/mol. The van der Waals surface area contributed by atoms with Gasteiger partial charge in [-0.2, -0.15) is 0 Å². The lowest BCUT2D eigenvalue weighted by atomic mass is 9.96. The number of aliphatic hydroxyl groups excluding tert-OH is 1. The van der Waals surface area contributed by atoms with Gasteiger partial charge in [0.25, 0.3) is 0 Å². The van der Waals surface area contributed by atoms with E-state index in [4.69, 9.17) is 4.74 Å². The molecule has 1 saturated heterocycles. The molecule has 2 N–H and O–H groups in total. The fraction of sp³-hybridized carbons (Fsp3) is 0.625. The molecule has 1 aliphatic heterocycles. The van der Waals surface area contributed by atoms with Crippen molar-refractivity contribution in [1.29, 1.82) is 0 Å². The van der Waals surface area contributed by atoms with E-state index in [1.807, 2.05) is 0 Å². The van der Waals surface area contributed by atoms with Gasteiger partial charge < -0.3 is 20.1 Å². The zero-order chi connectivity index (χ0) is 15.2. The highest BCUT2D eigenvalue weighted by molar-refractivity contribution is 9.10. The summed E-state index contributed by atoms with van der Waals surface area (Å²) in [5, 5.41) is 13.2. The van der Waals surface area contributed by atoms with Crippen molar-refractivity contribution in [2.24, 2.45) is 5.92 Å². The van der Waals surface area contributed by atoms with E-state index in [0.717, 1.165) is 43.7 Å². The van der Waals surface area contributed by atoms with Crippen LogP contribution >= 0.6 is 15.9 Å². The highest BCUT2D eigenvalue weighted by Gasteiger charge is 2.24. The van der Waals surface area contributed by atoms with Gasteiger partial charge in [-0.3, -0.25) is 0 Å². The Morgan fingerprint density at radius 1 is 1.48 bits per heavy atom. The molecular formula is C16H25BrN2O2. The van der Waals surface area contributed by atoms with Gasteiger partial charge in [0.15, 0.2) is 0 Å². The molecule has 0 aliphatic carbocycles. The van der Waals surface area contributed by atoms with Gasteiger partial charge >= 0.3 is 0 Å². The number of halogens is 1. The molecule has 2 rings (SSSR count). The lowest BCUT2D eigenvalue weighted by Crippen LogP contribution is -2.41. The van der Waals surface area contributed by atoms with Crippen LogP contribution in [0, 0.1) is 5.92 Å². The summed E-state index contributed by atoms with van der Waals surface area (Å²) in [6.07, 6.45) is 0.688. The second-order valence-electron chi connectivity index (χ2n) is 5.72. The van der Waals surface area contributed by atoms with Gasteiger partial charge in [-0.25, -0.2) is 0 Å². The Morgan fingerprint density at radius 2 is 2.29 bits per heavy atom. The van der Waals surface area contributed by atoms with Gasteiger partial charge in [0.1, 0.15) is 0 Å². The largest absolute Gasteiger partial charge is 0.393 e. The van der Waals surface area contributed by atoms with Crippen LogP contribution in [0.1, 0.15) is 18.9 Å². The molecule has 1 fully saturated rings. The highest BCUT2D eigenvalue weighted by atomic mass is 79.9. The number of benzene rings is 1. The van der Waals surface area contributed by atoms with E-state index in [1.54, 1.807) is 7.11 Å². The Balaban J connectivity index is 1.95. The summed E-state index contributed by atoms with van der Waals surface area (Å²) < 4.78 is 6.15. The van der Waals surface area contributed by atoms with E-state index in [9.17, 15) is 5.11 Å². The van der Waals surface area contributed by atoms with Gasteiger partial charge in [-0.05, 0) is 30.0 Å². The van der Waals surface area contributed by atoms with Gasteiger partial charge in [-0.1, -0.05) is 28.9 Å². The fourth-order valence-electron chi connectivity index (χ4n) is 2.64. The Hall–Kier alpha value is -0.620. The number of aliphatic hydroxyl groups is 1. The third-order valence-electron chi connectivity index (χ3n) is 4.06. The molecule has 0 bridgehead atoms. The van der Waals surface area contributed by atoms with Gasteiger partial charge in [-0.15, -0.1) is 0 Å². The van der Waals surface area contributed by atoms with Crippen LogP contribution in [-0.4, -0.2) is 44.6 Å². The van der Waals surface area contributed by atoms with Gasteiger partial charge in [0.05, 0.1) is 12.7 Å². The van der Waals surface area contributed by atoms with Crippen LogP contribution in [0.25, 0.3) is 0 Å². The Kier molecular flexibility index (Phi) is 6.48. The molecular weight excluding hydrogens is 332 g/mol. The van der Waals surface area contributed by atoms with E-state index in [0.29, 0.717) is 5.92 Å². The van der Waals surface area contributed by atoms with Crippen molar-refractivity contribution in [2.45, 2.75) is 26.0 Å². The maximum Gasteiger partial charge on any atom is 0.0599 e. The molecule has 2 atom stereocenters. The Labute approximate surface area is 135 Å². The summed E-state index contributed by atoms with van der Waals surface area (Å²) in [7, 11) is 1.71. The average Bonchev–Trinajstić information content (AvgIpc) is 2.48. The third kappa shape index (κ3) is 4.68. The molecule has 1 aliphatic rings. The molecule has 0 amide bonds.